The van der Waals surface area contributed by atoms with Gasteiger partial charge < -0.3 is 0 Å². The second-order valence-corrected chi connectivity index (χ2v) is 9.27. The van der Waals surface area contributed by atoms with E-state index in [1.807, 2.05) is 25.1 Å². The van der Waals surface area contributed by atoms with Crippen LogP contribution in [0.25, 0.3) is 6.08 Å². The Morgan fingerprint density at radius 3 is 2.22 bits per heavy atom. The molecule has 0 saturated carbocycles. The van der Waals surface area contributed by atoms with E-state index in [1.54, 1.807) is 42.5 Å². The van der Waals surface area contributed by atoms with Gasteiger partial charge in [-0.2, -0.15) is 4.31 Å². The normalized spacial score (nSPS) is 11.9. The van der Waals surface area contributed by atoms with Crippen molar-refractivity contribution in [1.29, 1.82) is 0 Å². The highest BCUT2D eigenvalue weighted by Crippen LogP contribution is 2.19. The SMILES string of the molecule is C=C(Br)CN(CC=Cc1ccc(C(C)=O)cc1)S(=O)(=O)c1ccc(C)cc1. The van der Waals surface area contributed by atoms with Crippen LogP contribution in [0.4, 0.5) is 0 Å². The Hall–Kier alpha value is -2.02. The maximum atomic E-state index is 12.9. The Kier molecular flexibility index (Phi) is 7.30. The number of hydrogen-bond acceptors (Lipinski definition) is 3. The number of hydrogen-bond donors (Lipinski definition) is 0. The zero-order valence-corrected chi connectivity index (χ0v) is 17.8. The van der Waals surface area contributed by atoms with E-state index < -0.39 is 10.0 Å². The van der Waals surface area contributed by atoms with Crippen LogP contribution in [-0.4, -0.2) is 31.6 Å². The van der Waals surface area contributed by atoms with E-state index in [-0.39, 0.29) is 23.8 Å². The van der Waals surface area contributed by atoms with Gasteiger partial charge in [0.15, 0.2) is 5.78 Å². The van der Waals surface area contributed by atoms with Gasteiger partial charge in [-0.05, 0) is 31.5 Å². The Balaban J connectivity index is 2.19. The smallest absolute Gasteiger partial charge is 0.243 e. The van der Waals surface area contributed by atoms with Crippen molar-refractivity contribution < 1.29 is 13.2 Å². The molecule has 2 rings (SSSR count). The molecule has 142 valence electrons. The number of benzene rings is 2. The summed E-state index contributed by atoms with van der Waals surface area (Å²) in [6, 6.07) is 13.9. The summed E-state index contributed by atoms with van der Waals surface area (Å²) in [5.74, 6) is 0.0109. The van der Waals surface area contributed by atoms with E-state index >= 15 is 0 Å². The predicted molar refractivity (Wildman–Crippen MR) is 113 cm³/mol. The van der Waals surface area contributed by atoms with Crippen molar-refractivity contribution in [3.63, 3.8) is 0 Å². The summed E-state index contributed by atoms with van der Waals surface area (Å²) >= 11 is 3.25. The number of carbonyl (C=O) groups is 1. The van der Waals surface area contributed by atoms with Crippen molar-refractivity contribution in [2.45, 2.75) is 18.7 Å². The summed E-state index contributed by atoms with van der Waals surface area (Å²) in [5, 5.41) is 0. The van der Waals surface area contributed by atoms with Crippen molar-refractivity contribution in [2.75, 3.05) is 13.1 Å². The van der Waals surface area contributed by atoms with E-state index in [1.165, 1.54) is 11.2 Å². The van der Waals surface area contributed by atoms with Crippen molar-refractivity contribution in [1.82, 2.24) is 4.31 Å². The number of sulfonamides is 1. The van der Waals surface area contributed by atoms with E-state index in [4.69, 9.17) is 0 Å². The fourth-order valence-corrected chi connectivity index (χ4v) is 4.29. The Morgan fingerprint density at radius 1 is 1.11 bits per heavy atom. The molecule has 2 aromatic rings. The molecule has 0 fully saturated rings. The number of halogens is 1. The monoisotopic (exact) mass is 447 g/mol. The van der Waals surface area contributed by atoms with Crippen LogP contribution in [-0.2, 0) is 10.0 Å². The molecular formula is C21H22BrNO3S. The van der Waals surface area contributed by atoms with Gasteiger partial charge in [-0.3, -0.25) is 4.79 Å². The standard InChI is InChI=1S/C21H22BrNO3S/c1-16-6-12-21(13-7-16)27(25,26)23(15-17(2)22)14-4-5-19-8-10-20(11-9-19)18(3)24/h4-13H,2,14-15H2,1,3H3. The van der Waals surface area contributed by atoms with Crippen molar-refractivity contribution >= 4 is 37.8 Å². The zero-order valence-electron chi connectivity index (χ0n) is 15.4. The Bertz CT molecular complexity index is 946. The molecule has 2 aromatic carbocycles. The minimum absolute atomic E-state index is 0.0109. The molecule has 27 heavy (non-hydrogen) atoms. The summed E-state index contributed by atoms with van der Waals surface area (Å²) in [4.78, 5) is 11.6. The van der Waals surface area contributed by atoms with Gasteiger partial charge in [0.2, 0.25) is 10.0 Å². The first kappa shape index (κ1) is 21.3. The van der Waals surface area contributed by atoms with Gasteiger partial charge in [0.05, 0.1) is 4.90 Å². The van der Waals surface area contributed by atoms with Crippen LogP contribution in [0.2, 0.25) is 0 Å². The second kappa shape index (κ2) is 9.26. The summed E-state index contributed by atoms with van der Waals surface area (Å²) in [6.45, 7) is 7.57. The van der Waals surface area contributed by atoms with Gasteiger partial charge in [-0.1, -0.05) is 76.6 Å². The summed E-state index contributed by atoms with van der Waals surface area (Å²) in [5.41, 5.74) is 2.54. The Labute approximate surface area is 169 Å². The summed E-state index contributed by atoms with van der Waals surface area (Å²) in [6.07, 6.45) is 3.61. The molecular weight excluding hydrogens is 426 g/mol. The van der Waals surface area contributed by atoms with Gasteiger partial charge in [0.1, 0.15) is 0 Å². The average molecular weight is 448 g/mol. The van der Waals surface area contributed by atoms with Gasteiger partial charge in [-0.15, -0.1) is 0 Å². The van der Waals surface area contributed by atoms with Crippen molar-refractivity contribution in [2.24, 2.45) is 0 Å². The molecule has 0 saturated heterocycles. The Morgan fingerprint density at radius 2 is 1.70 bits per heavy atom. The molecule has 0 aliphatic carbocycles. The second-order valence-electron chi connectivity index (χ2n) is 6.21. The highest BCUT2D eigenvalue weighted by molar-refractivity contribution is 9.11. The molecule has 0 bridgehead atoms. The molecule has 0 heterocycles. The van der Waals surface area contributed by atoms with Gasteiger partial charge in [0.25, 0.3) is 0 Å². The molecule has 0 amide bonds. The van der Waals surface area contributed by atoms with E-state index in [2.05, 4.69) is 22.5 Å². The zero-order chi connectivity index (χ0) is 20.0. The third-order valence-electron chi connectivity index (χ3n) is 3.94. The van der Waals surface area contributed by atoms with E-state index in [0.29, 0.717) is 10.0 Å². The quantitative estimate of drug-likeness (QED) is 0.545. The number of nitrogens with zero attached hydrogens (tertiary/aromatic N) is 1. The number of ketones is 1. The van der Waals surface area contributed by atoms with Crippen molar-refractivity contribution in [3.05, 3.63) is 82.4 Å². The third kappa shape index (κ3) is 5.99. The van der Waals surface area contributed by atoms with Crippen LogP contribution in [0, 0.1) is 6.92 Å². The lowest BCUT2D eigenvalue weighted by molar-refractivity contribution is 0.101. The first-order chi connectivity index (χ1) is 12.7. The number of Topliss-reactive ketones (excluding diaryl/α,β-unsaturated/α-hetero) is 1. The first-order valence-corrected chi connectivity index (χ1v) is 10.6. The minimum Gasteiger partial charge on any atom is -0.295 e. The lowest BCUT2D eigenvalue weighted by atomic mass is 10.1. The number of carbonyl (C=O) groups excluding carboxylic acids is 1. The molecule has 0 aromatic heterocycles. The van der Waals surface area contributed by atoms with Crippen LogP contribution in [0.3, 0.4) is 0 Å². The molecule has 0 aliphatic rings. The van der Waals surface area contributed by atoms with Crippen LogP contribution in [0.1, 0.15) is 28.4 Å². The maximum Gasteiger partial charge on any atom is 0.243 e. The lowest BCUT2D eigenvalue weighted by Gasteiger charge is -2.20. The van der Waals surface area contributed by atoms with Gasteiger partial charge >= 0.3 is 0 Å². The molecule has 0 aliphatic heterocycles. The minimum atomic E-state index is -3.64. The van der Waals surface area contributed by atoms with Crippen molar-refractivity contribution in [3.8, 4) is 0 Å². The highest BCUT2D eigenvalue weighted by Gasteiger charge is 2.23. The molecule has 0 atom stereocenters. The molecule has 4 nitrogen and oxygen atoms in total. The largest absolute Gasteiger partial charge is 0.295 e. The third-order valence-corrected chi connectivity index (χ3v) is 6.02. The highest BCUT2D eigenvalue weighted by atomic mass is 79.9. The first-order valence-electron chi connectivity index (χ1n) is 8.38. The van der Waals surface area contributed by atoms with Crippen LogP contribution < -0.4 is 0 Å². The predicted octanol–water partition coefficient (Wildman–Crippen LogP) is 4.81. The van der Waals surface area contributed by atoms with Crippen LogP contribution in [0.15, 0.2) is 70.6 Å². The van der Waals surface area contributed by atoms with E-state index in [0.717, 1.165) is 11.1 Å². The fraction of sp³-hybridized carbons (Fsp3) is 0.190. The number of aryl methyl sites for hydroxylation is 1. The van der Waals surface area contributed by atoms with E-state index in [9.17, 15) is 13.2 Å². The lowest BCUT2D eigenvalue weighted by Crippen LogP contribution is -2.32. The van der Waals surface area contributed by atoms with Crippen LogP contribution >= 0.6 is 15.9 Å². The topological polar surface area (TPSA) is 54.5 Å². The molecule has 0 N–H and O–H groups in total. The van der Waals surface area contributed by atoms with Gasteiger partial charge in [-0.25, -0.2) is 8.42 Å². The van der Waals surface area contributed by atoms with Crippen LogP contribution in [0.5, 0.6) is 0 Å². The van der Waals surface area contributed by atoms with Gasteiger partial charge in [0, 0.05) is 23.1 Å². The molecule has 0 radical (unpaired) electrons. The molecule has 0 unspecified atom stereocenters. The molecule has 0 spiro atoms. The average Bonchev–Trinajstić information content (AvgIpc) is 2.61. The summed E-state index contributed by atoms with van der Waals surface area (Å²) in [7, 11) is -3.64. The summed E-state index contributed by atoms with van der Waals surface area (Å²) < 4.78 is 27.8. The maximum absolute atomic E-state index is 12.9. The molecule has 6 heteroatoms. The fourth-order valence-electron chi connectivity index (χ4n) is 2.43. The number of rotatable bonds is 8.